The highest BCUT2D eigenvalue weighted by Gasteiger charge is 2.41. The van der Waals surface area contributed by atoms with E-state index in [0.29, 0.717) is 16.5 Å². The maximum absolute atomic E-state index is 13.6. The van der Waals surface area contributed by atoms with Crippen LogP contribution in [0.1, 0.15) is 20.9 Å². The number of alkyl halides is 3. The van der Waals surface area contributed by atoms with E-state index in [4.69, 9.17) is 0 Å². The Morgan fingerprint density at radius 2 is 1.86 bits per heavy atom. The highest BCUT2D eigenvalue weighted by Crippen LogP contribution is 2.31. The van der Waals surface area contributed by atoms with Gasteiger partial charge >= 0.3 is 12.3 Å². The number of anilines is 2. The number of rotatable bonds is 9. The number of pyridine rings is 1. The molecular weight excluding hydrogens is 601 g/mol. The molecule has 17 heteroatoms. The van der Waals surface area contributed by atoms with Gasteiger partial charge in [-0.25, -0.2) is 23.2 Å². The zero-order chi connectivity index (χ0) is 30.8. The number of aryl methyl sites for hydroxylation is 1. The smallest absolute Gasteiger partial charge is 0.477 e. The average Bonchev–Trinajstić information content (AvgIpc) is 3.33. The van der Waals surface area contributed by atoms with Crippen LogP contribution in [0.3, 0.4) is 0 Å². The summed E-state index contributed by atoms with van der Waals surface area (Å²) in [6.07, 6.45) is -3.37. The summed E-state index contributed by atoms with van der Waals surface area (Å²) in [6, 6.07) is 5.95. The van der Waals surface area contributed by atoms with E-state index < -0.39 is 40.1 Å². The van der Waals surface area contributed by atoms with Crippen molar-refractivity contribution in [1.82, 2.24) is 19.6 Å². The molecule has 0 radical (unpaired) electrons. The van der Waals surface area contributed by atoms with Gasteiger partial charge in [0.1, 0.15) is 22.5 Å². The Morgan fingerprint density at radius 1 is 1.17 bits per heavy atom. The lowest BCUT2D eigenvalue weighted by atomic mass is 10.2. The Bertz CT molecular complexity index is 1550. The number of thiazole rings is 1. The zero-order valence-corrected chi connectivity index (χ0v) is 24.3. The minimum Gasteiger partial charge on any atom is -0.477 e. The number of carboxylic acid groups (broad SMARTS) is 1. The molecule has 42 heavy (non-hydrogen) atoms. The fourth-order valence-corrected chi connectivity index (χ4v) is 6.71. The monoisotopic (exact) mass is 628 g/mol. The molecule has 226 valence electrons. The number of hydrogen-bond acceptors (Lipinski definition) is 10. The Hall–Kier alpha value is -3.96. The van der Waals surface area contributed by atoms with Crippen LogP contribution in [0.2, 0.25) is 0 Å². The molecule has 1 amide bonds. The van der Waals surface area contributed by atoms with Crippen LogP contribution in [0.4, 0.5) is 24.1 Å². The number of nitrogens with one attached hydrogen (secondary N) is 1. The topological polar surface area (TPSA) is 145 Å². The molecule has 1 saturated heterocycles. The third kappa shape index (κ3) is 7.08. The van der Waals surface area contributed by atoms with Gasteiger partial charge in [0.15, 0.2) is 5.13 Å². The molecule has 3 heterocycles. The molecule has 1 aliphatic heterocycles. The number of halogens is 3. The van der Waals surface area contributed by atoms with Crippen LogP contribution in [0.15, 0.2) is 47.5 Å². The second-order valence-corrected chi connectivity index (χ2v) is 12.3. The first-order valence-corrected chi connectivity index (χ1v) is 14.6. The Balaban J connectivity index is 1.60. The molecule has 12 nitrogen and oxygen atoms in total. The van der Waals surface area contributed by atoms with E-state index in [1.807, 2.05) is 14.1 Å². The van der Waals surface area contributed by atoms with Crippen molar-refractivity contribution in [2.45, 2.75) is 30.8 Å². The molecule has 2 N–H and O–H groups in total. The number of nitrogens with zero attached hydrogens (tertiary/aromatic N) is 5. The summed E-state index contributed by atoms with van der Waals surface area (Å²) in [5, 5.41) is 12.5. The molecule has 0 spiro atoms. The van der Waals surface area contributed by atoms with Crippen molar-refractivity contribution in [3.63, 3.8) is 0 Å². The fourth-order valence-electron chi connectivity index (χ4n) is 4.20. The fraction of sp³-hybridized carbons (Fsp3) is 0.360. The van der Waals surface area contributed by atoms with Crippen molar-refractivity contribution < 1.29 is 41.0 Å². The van der Waals surface area contributed by atoms with Crippen LogP contribution in [-0.2, 0) is 21.4 Å². The van der Waals surface area contributed by atoms with Gasteiger partial charge in [-0.3, -0.25) is 4.79 Å². The summed E-state index contributed by atoms with van der Waals surface area (Å²) < 4.78 is 69.7. The first-order valence-electron chi connectivity index (χ1n) is 12.4. The van der Waals surface area contributed by atoms with E-state index in [9.17, 15) is 36.3 Å². The summed E-state index contributed by atoms with van der Waals surface area (Å²) in [5.74, 6) is -1.68. The van der Waals surface area contributed by atoms with Gasteiger partial charge in [0.25, 0.3) is 0 Å². The Morgan fingerprint density at radius 3 is 2.40 bits per heavy atom. The van der Waals surface area contributed by atoms with Gasteiger partial charge in [-0.2, -0.15) is 4.31 Å². The second-order valence-electron chi connectivity index (χ2n) is 9.45. The molecule has 1 aromatic carbocycles. The van der Waals surface area contributed by atoms with Crippen LogP contribution < -0.4 is 19.9 Å². The van der Waals surface area contributed by atoms with E-state index >= 15 is 0 Å². The molecule has 4 rings (SSSR count). The molecule has 0 bridgehead atoms. The first-order chi connectivity index (χ1) is 19.7. The minimum atomic E-state index is -4.95. The molecule has 0 unspecified atom stereocenters. The maximum atomic E-state index is 13.6. The SMILES string of the molecule is Cc1nc(N2CCN(S(=O)(=O)c3ccc(OC(F)(F)F)cc3)[C@@H](C(=O)NCc3ccc(N(C)C)nc3)C2)sc1C(=O)O. The normalized spacial score (nSPS) is 16.2. The molecule has 2 aromatic heterocycles. The number of sulfonamides is 1. The standard InChI is InChI=1S/C25H27F3N6O6S2/c1-15-21(23(36)37)41-24(31-15)33-10-11-34(42(38,39)18-7-5-17(6-8-18)40-25(26,27)28)19(14-33)22(35)30-13-16-4-9-20(29-12-16)32(2)3/h4-9,12,19H,10-11,13-14H2,1-3H3,(H,30,35)(H,36,37)/t19-/m1/s1. The van der Waals surface area contributed by atoms with Crippen LogP contribution >= 0.6 is 11.3 Å². The summed E-state index contributed by atoms with van der Waals surface area (Å²) in [4.78, 5) is 36.7. The van der Waals surface area contributed by atoms with Crippen LogP contribution in [0.25, 0.3) is 0 Å². The van der Waals surface area contributed by atoms with Crippen molar-refractivity contribution in [2.75, 3.05) is 43.5 Å². The van der Waals surface area contributed by atoms with Gasteiger partial charge in [-0.15, -0.1) is 13.2 Å². The molecule has 1 fully saturated rings. The largest absolute Gasteiger partial charge is 0.573 e. The van der Waals surface area contributed by atoms with Gasteiger partial charge < -0.3 is 25.0 Å². The molecule has 0 aliphatic carbocycles. The van der Waals surface area contributed by atoms with Crippen molar-refractivity contribution >= 4 is 44.2 Å². The number of aromatic nitrogens is 2. The Labute approximate surface area is 243 Å². The average molecular weight is 629 g/mol. The summed E-state index contributed by atoms with van der Waals surface area (Å²) in [6.45, 7) is 1.34. The van der Waals surface area contributed by atoms with Crippen molar-refractivity contribution in [1.29, 1.82) is 0 Å². The number of aromatic carboxylic acids is 1. The third-order valence-electron chi connectivity index (χ3n) is 6.28. The predicted octanol–water partition coefficient (Wildman–Crippen LogP) is 2.71. The highest BCUT2D eigenvalue weighted by molar-refractivity contribution is 7.89. The molecule has 1 atom stereocenters. The summed E-state index contributed by atoms with van der Waals surface area (Å²) in [7, 11) is -0.702. The third-order valence-corrected chi connectivity index (χ3v) is 9.41. The lowest BCUT2D eigenvalue weighted by Crippen LogP contribution is -2.60. The molecule has 0 saturated carbocycles. The first kappa shape index (κ1) is 31.0. The Kier molecular flexibility index (Phi) is 8.93. The quantitative estimate of drug-likeness (QED) is 0.363. The van der Waals surface area contributed by atoms with Gasteiger partial charge in [-0.1, -0.05) is 17.4 Å². The number of benzene rings is 1. The van der Waals surface area contributed by atoms with Crippen LogP contribution in [0.5, 0.6) is 5.75 Å². The van der Waals surface area contributed by atoms with Crippen molar-refractivity contribution in [3.8, 4) is 5.75 Å². The van der Waals surface area contributed by atoms with Crippen molar-refractivity contribution in [3.05, 3.63) is 58.7 Å². The number of piperazine rings is 1. The van der Waals surface area contributed by atoms with E-state index in [0.717, 1.165) is 39.9 Å². The number of carboxylic acids is 1. The van der Waals surface area contributed by atoms with Gasteiger partial charge in [0, 0.05) is 46.5 Å². The van der Waals surface area contributed by atoms with Crippen LogP contribution in [0, 0.1) is 6.92 Å². The lowest BCUT2D eigenvalue weighted by Gasteiger charge is -2.39. The highest BCUT2D eigenvalue weighted by atomic mass is 32.2. The number of ether oxygens (including phenoxy) is 1. The minimum absolute atomic E-state index is 0.0240. The number of amides is 1. The number of carbonyl (C=O) groups excluding carboxylic acids is 1. The number of hydrogen-bond donors (Lipinski definition) is 2. The van der Waals surface area contributed by atoms with E-state index in [1.54, 1.807) is 28.1 Å². The van der Waals surface area contributed by atoms with Gasteiger partial charge in [0.2, 0.25) is 15.9 Å². The second kappa shape index (κ2) is 12.1. The molecule has 3 aromatic rings. The van der Waals surface area contributed by atoms with E-state index in [2.05, 4.69) is 20.0 Å². The van der Waals surface area contributed by atoms with Gasteiger partial charge in [-0.05, 0) is 42.8 Å². The maximum Gasteiger partial charge on any atom is 0.573 e. The zero-order valence-electron chi connectivity index (χ0n) is 22.6. The van der Waals surface area contributed by atoms with E-state index in [-0.39, 0.29) is 41.6 Å². The summed E-state index contributed by atoms with van der Waals surface area (Å²) in [5.41, 5.74) is 0.950. The summed E-state index contributed by atoms with van der Waals surface area (Å²) >= 11 is 0.910. The van der Waals surface area contributed by atoms with Gasteiger partial charge in [0.05, 0.1) is 10.6 Å². The lowest BCUT2D eigenvalue weighted by molar-refractivity contribution is -0.274. The van der Waals surface area contributed by atoms with Crippen LogP contribution in [-0.4, -0.2) is 85.8 Å². The van der Waals surface area contributed by atoms with E-state index in [1.165, 1.54) is 6.92 Å². The van der Waals surface area contributed by atoms with Crippen molar-refractivity contribution in [2.24, 2.45) is 0 Å². The number of carbonyl (C=O) groups is 2. The molecule has 1 aliphatic rings. The predicted molar refractivity (Wildman–Crippen MR) is 147 cm³/mol. The molecular formula is C25H27F3N6O6S2.